The third-order valence-electron chi connectivity index (χ3n) is 4.48. The number of aryl methyl sites for hydroxylation is 1. The van der Waals surface area contributed by atoms with Crippen molar-refractivity contribution < 1.29 is 5.11 Å². The summed E-state index contributed by atoms with van der Waals surface area (Å²) in [6.07, 6.45) is 2.69. The molecule has 2 aromatic heterocycles. The van der Waals surface area contributed by atoms with Crippen molar-refractivity contribution in [2.45, 2.75) is 38.5 Å². The number of aromatic nitrogens is 4. The van der Waals surface area contributed by atoms with E-state index in [1.807, 2.05) is 10.7 Å². The predicted molar refractivity (Wildman–Crippen MR) is 86.4 cm³/mol. The maximum Gasteiger partial charge on any atom is 0.223 e. The lowest BCUT2D eigenvalue weighted by molar-refractivity contribution is 0.148. The number of fused-ring (bicyclic) bond motifs is 1. The van der Waals surface area contributed by atoms with Crippen LogP contribution in [0.3, 0.4) is 0 Å². The summed E-state index contributed by atoms with van der Waals surface area (Å²) in [6.45, 7) is 2.35. The van der Waals surface area contributed by atoms with Crippen LogP contribution in [0.1, 0.15) is 36.8 Å². The van der Waals surface area contributed by atoms with Gasteiger partial charge in [0, 0.05) is 19.2 Å². The highest BCUT2D eigenvalue weighted by atomic mass is 16.3. The minimum absolute atomic E-state index is 0.183. The largest absolute Gasteiger partial charge is 0.386 e. The molecule has 3 heterocycles. The molecule has 2 aromatic rings. The monoisotopic (exact) mass is 315 g/mol. The topological polar surface area (TPSA) is 119 Å². The first-order valence-electron chi connectivity index (χ1n) is 8.00. The van der Waals surface area contributed by atoms with E-state index in [4.69, 9.17) is 11.5 Å². The number of nitrogen functional groups attached to an aromatic ring is 2. The van der Waals surface area contributed by atoms with Gasteiger partial charge in [0.05, 0.1) is 17.9 Å². The van der Waals surface area contributed by atoms with Gasteiger partial charge in [-0.2, -0.15) is 15.1 Å². The van der Waals surface area contributed by atoms with E-state index >= 15 is 0 Å². The van der Waals surface area contributed by atoms with Gasteiger partial charge in [-0.15, -0.1) is 0 Å². The fourth-order valence-electron chi connectivity index (χ4n) is 3.11. The van der Waals surface area contributed by atoms with E-state index < -0.39 is 6.10 Å². The lowest BCUT2D eigenvalue weighted by Gasteiger charge is -2.21. The van der Waals surface area contributed by atoms with E-state index in [0.717, 1.165) is 49.6 Å². The second-order valence-electron chi connectivity index (χ2n) is 6.35. The van der Waals surface area contributed by atoms with Crippen LogP contribution < -0.4 is 16.4 Å². The molecule has 2 aliphatic rings. The van der Waals surface area contributed by atoms with Gasteiger partial charge < -0.3 is 21.5 Å². The first kappa shape index (κ1) is 14.3. The quantitative estimate of drug-likeness (QED) is 0.762. The minimum Gasteiger partial charge on any atom is -0.386 e. The van der Waals surface area contributed by atoms with Crippen LogP contribution in [0, 0.1) is 5.92 Å². The molecule has 23 heavy (non-hydrogen) atoms. The van der Waals surface area contributed by atoms with Crippen LogP contribution in [0.5, 0.6) is 0 Å². The van der Waals surface area contributed by atoms with Crippen molar-refractivity contribution in [2.75, 3.05) is 22.9 Å². The minimum atomic E-state index is -0.437. The molecular formula is C15H21N7O. The van der Waals surface area contributed by atoms with Crippen molar-refractivity contribution in [1.82, 2.24) is 19.7 Å². The third kappa shape index (κ3) is 2.81. The van der Waals surface area contributed by atoms with Crippen molar-refractivity contribution in [1.29, 1.82) is 0 Å². The average Bonchev–Trinajstić information content (AvgIpc) is 3.30. The Kier molecular flexibility index (Phi) is 3.33. The van der Waals surface area contributed by atoms with E-state index in [1.165, 1.54) is 0 Å². The summed E-state index contributed by atoms with van der Waals surface area (Å²) >= 11 is 0. The van der Waals surface area contributed by atoms with Gasteiger partial charge in [0.1, 0.15) is 17.7 Å². The Morgan fingerprint density at radius 1 is 1.17 bits per heavy atom. The van der Waals surface area contributed by atoms with Crippen molar-refractivity contribution in [3.05, 3.63) is 23.5 Å². The lowest BCUT2D eigenvalue weighted by atomic mass is 10.1. The second-order valence-corrected chi connectivity index (χ2v) is 6.35. The first-order valence-corrected chi connectivity index (χ1v) is 8.00. The van der Waals surface area contributed by atoms with Crippen LogP contribution >= 0.6 is 0 Å². The molecule has 0 radical (unpaired) electrons. The Morgan fingerprint density at radius 2 is 2.00 bits per heavy atom. The molecular weight excluding hydrogens is 294 g/mol. The van der Waals surface area contributed by atoms with Crippen LogP contribution in [0.4, 0.5) is 17.6 Å². The number of rotatable bonds is 3. The summed E-state index contributed by atoms with van der Waals surface area (Å²) in [5, 5.41) is 14.9. The Hall–Kier alpha value is -2.35. The number of nitrogens with zero attached hydrogens (tertiary/aromatic N) is 5. The van der Waals surface area contributed by atoms with Crippen molar-refractivity contribution in [2.24, 2.45) is 5.92 Å². The van der Waals surface area contributed by atoms with Crippen LogP contribution in [0.2, 0.25) is 0 Å². The summed E-state index contributed by atoms with van der Waals surface area (Å²) in [4.78, 5) is 10.3. The molecule has 0 amide bonds. The summed E-state index contributed by atoms with van der Waals surface area (Å²) in [5.41, 5.74) is 13.3. The van der Waals surface area contributed by atoms with Crippen LogP contribution in [0.15, 0.2) is 12.1 Å². The van der Waals surface area contributed by atoms with Gasteiger partial charge in [-0.05, 0) is 31.2 Å². The molecule has 1 unspecified atom stereocenters. The number of nitrogens with two attached hydrogens (primary N) is 2. The highest BCUT2D eigenvalue weighted by Crippen LogP contribution is 2.40. The number of hydrogen-bond acceptors (Lipinski definition) is 7. The SMILES string of the molecule is Nc1cc(N2CCCn3nc(C(O)C4CC4)cc3C2)nc(N)n1. The number of hydrogen-bond donors (Lipinski definition) is 3. The lowest BCUT2D eigenvalue weighted by Crippen LogP contribution is -2.24. The van der Waals surface area contributed by atoms with Gasteiger partial charge in [0.2, 0.25) is 5.95 Å². The molecule has 1 aliphatic carbocycles. The Balaban J connectivity index is 1.61. The van der Waals surface area contributed by atoms with Gasteiger partial charge in [0.25, 0.3) is 0 Å². The molecule has 1 aliphatic heterocycles. The highest BCUT2D eigenvalue weighted by Gasteiger charge is 2.33. The van der Waals surface area contributed by atoms with Crippen molar-refractivity contribution in [3.63, 3.8) is 0 Å². The van der Waals surface area contributed by atoms with E-state index in [-0.39, 0.29) is 5.95 Å². The molecule has 5 N–H and O–H groups in total. The van der Waals surface area contributed by atoms with Crippen molar-refractivity contribution in [3.8, 4) is 0 Å². The molecule has 0 bridgehead atoms. The number of aliphatic hydroxyl groups excluding tert-OH is 1. The zero-order chi connectivity index (χ0) is 16.0. The highest BCUT2D eigenvalue weighted by molar-refractivity contribution is 5.50. The Bertz CT molecular complexity index is 704. The van der Waals surface area contributed by atoms with E-state index in [0.29, 0.717) is 18.3 Å². The maximum atomic E-state index is 10.3. The molecule has 0 saturated heterocycles. The fraction of sp³-hybridized carbons (Fsp3) is 0.533. The molecule has 8 heteroatoms. The maximum absolute atomic E-state index is 10.3. The van der Waals surface area contributed by atoms with Gasteiger partial charge in [-0.3, -0.25) is 4.68 Å². The molecule has 1 atom stereocenters. The first-order chi connectivity index (χ1) is 11.1. The molecule has 4 rings (SSSR count). The number of anilines is 3. The molecule has 1 fully saturated rings. The fourth-order valence-corrected chi connectivity index (χ4v) is 3.11. The third-order valence-corrected chi connectivity index (χ3v) is 4.48. The Labute approximate surface area is 134 Å². The molecule has 8 nitrogen and oxygen atoms in total. The molecule has 0 spiro atoms. The summed E-state index contributed by atoms with van der Waals surface area (Å²) in [7, 11) is 0. The average molecular weight is 315 g/mol. The molecule has 1 saturated carbocycles. The summed E-state index contributed by atoms with van der Waals surface area (Å²) in [6, 6.07) is 3.75. The second kappa shape index (κ2) is 5.38. The van der Waals surface area contributed by atoms with Crippen LogP contribution in [-0.4, -0.2) is 31.4 Å². The zero-order valence-corrected chi connectivity index (χ0v) is 12.9. The van der Waals surface area contributed by atoms with Gasteiger partial charge >= 0.3 is 0 Å². The van der Waals surface area contributed by atoms with Gasteiger partial charge in [-0.25, -0.2) is 0 Å². The Morgan fingerprint density at radius 3 is 2.74 bits per heavy atom. The van der Waals surface area contributed by atoms with Crippen molar-refractivity contribution >= 4 is 17.6 Å². The van der Waals surface area contributed by atoms with E-state index in [1.54, 1.807) is 6.07 Å². The van der Waals surface area contributed by atoms with Gasteiger partial charge in [0.15, 0.2) is 0 Å². The standard InChI is InChI=1S/C15H21N7O/c16-12-7-13(19-15(17)18-12)21-4-1-5-22-10(8-21)6-11(20-22)14(23)9-2-3-9/h6-7,9,14,23H,1-5,8H2,(H4,16,17,18,19). The normalized spacial score (nSPS) is 19.3. The number of aliphatic hydroxyl groups is 1. The smallest absolute Gasteiger partial charge is 0.223 e. The predicted octanol–water partition coefficient (Wildman–Crippen LogP) is 0.691. The van der Waals surface area contributed by atoms with Crippen LogP contribution in [0.25, 0.3) is 0 Å². The van der Waals surface area contributed by atoms with Gasteiger partial charge in [-0.1, -0.05) is 0 Å². The summed E-state index contributed by atoms with van der Waals surface area (Å²) < 4.78 is 1.99. The molecule has 0 aromatic carbocycles. The van der Waals surface area contributed by atoms with E-state index in [2.05, 4.69) is 20.0 Å². The molecule has 122 valence electrons. The zero-order valence-electron chi connectivity index (χ0n) is 12.9. The summed E-state index contributed by atoms with van der Waals surface area (Å²) in [5.74, 6) is 1.67. The van der Waals surface area contributed by atoms with Crippen LogP contribution in [-0.2, 0) is 13.1 Å². The van der Waals surface area contributed by atoms with E-state index in [9.17, 15) is 5.11 Å².